The van der Waals surface area contributed by atoms with Crippen LogP contribution in [0, 0.1) is 6.92 Å². The van der Waals surface area contributed by atoms with Gasteiger partial charge in [0.05, 0.1) is 30.0 Å². The molecule has 0 spiro atoms. The van der Waals surface area contributed by atoms with Gasteiger partial charge in [0.15, 0.2) is 5.11 Å². The molecule has 1 amide bonds. The molecule has 156 valence electrons. The molecule has 0 unspecified atom stereocenters. The highest BCUT2D eigenvalue weighted by molar-refractivity contribution is 7.80. The molecule has 0 saturated heterocycles. The van der Waals surface area contributed by atoms with Gasteiger partial charge in [0.25, 0.3) is 5.91 Å². The minimum absolute atomic E-state index is 0.0448. The summed E-state index contributed by atoms with van der Waals surface area (Å²) in [6, 6.07) is 10.1. The van der Waals surface area contributed by atoms with Gasteiger partial charge in [-0.3, -0.25) is 10.1 Å². The Morgan fingerprint density at radius 1 is 1.13 bits per heavy atom. The molecule has 1 heterocycles. The van der Waals surface area contributed by atoms with Gasteiger partial charge >= 0.3 is 0 Å². The van der Waals surface area contributed by atoms with Gasteiger partial charge in [0.1, 0.15) is 28.5 Å². The third-order valence-corrected chi connectivity index (χ3v) is 5.01. The Labute approximate surface area is 188 Å². The second kappa shape index (κ2) is 9.34. The lowest BCUT2D eigenvalue weighted by Gasteiger charge is -2.14. The lowest BCUT2D eigenvalue weighted by atomic mass is 10.1. The smallest absolute Gasteiger partial charge is 0.263 e. The molecule has 10 heteroatoms. The van der Waals surface area contributed by atoms with Crippen molar-refractivity contribution >= 4 is 52.1 Å². The molecule has 0 radical (unpaired) electrons. The van der Waals surface area contributed by atoms with Crippen LogP contribution in [-0.2, 0) is 0 Å². The van der Waals surface area contributed by atoms with Gasteiger partial charge in [-0.2, -0.15) is 0 Å². The molecule has 0 saturated carbocycles. The number of carbonyl (C=O) groups is 1. The molecule has 0 fully saturated rings. The third-order valence-electron chi connectivity index (χ3n) is 4.17. The summed E-state index contributed by atoms with van der Waals surface area (Å²) in [7, 11) is 3.07. The van der Waals surface area contributed by atoms with Crippen molar-refractivity contribution in [2.24, 2.45) is 0 Å². The van der Waals surface area contributed by atoms with Crippen molar-refractivity contribution in [1.29, 1.82) is 0 Å². The Morgan fingerprint density at radius 3 is 2.47 bits per heavy atom. The molecule has 30 heavy (non-hydrogen) atoms. The van der Waals surface area contributed by atoms with E-state index >= 15 is 0 Å². The van der Waals surface area contributed by atoms with Crippen LogP contribution in [0.2, 0.25) is 10.0 Å². The maximum Gasteiger partial charge on any atom is 0.263 e. The number of ether oxygens (including phenoxy) is 2. The monoisotopic (exact) mass is 465 g/mol. The number of carbonyl (C=O) groups excluding carboxylic acids is 1. The maximum absolute atomic E-state index is 12.9. The number of anilines is 1. The van der Waals surface area contributed by atoms with E-state index in [0.29, 0.717) is 38.6 Å². The predicted octanol–water partition coefficient (Wildman–Crippen LogP) is 5.10. The van der Waals surface area contributed by atoms with Crippen molar-refractivity contribution in [2.75, 3.05) is 19.5 Å². The molecule has 0 atom stereocenters. The van der Waals surface area contributed by atoms with Gasteiger partial charge in [-0.25, -0.2) is 0 Å². The number of rotatable bonds is 5. The summed E-state index contributed by atoms with van der Waals surface area (Å²) >= 11 is 17.8. The fourth-order valence-electron chi connectivity index (χ4n) is 2.77. The van der Waals surface area contributed by atoms with E-state index in [0.717, 1.165) is 0 Å². The number of hydrogen-bond donors (Lipinski definition) is 2. The Morgan fingerprint density at radius 2 is 1.83 bits per heavy atom. The largest absolute Gasteiger partial charge is 0.497 e. The molecule has 0 aliphatic carbocycles. The van der Waals surface area contributed by atoms with Crippen molar-refractivity contribution in [1.82, 2.24) is 10.5 Å². The van der Waals surface area contributed by atoms with Crippen LogP contribution in [0.4, 0.5) is 5.69 Å². The third kappa shape index (κ3) is 4.51. The van der Waals surface area contributed by atoms with Gasteiger partial charge in [0.2, 0.25) is 0 Å². The summed E-state index contributed by atoms with van der Waals surface area (Å²) in [5.74, 6) is 0.884. The van der Waals surface area contributed by atoms with Crippen molar-refractivity contribution in [3.63, 3.8) is 0 Å². The minimum atomic E-state index is -0.529. The van der Waals surface area contributed by atoms with Gasteiger partial charge < -0.3 is 19.3 Å². The summed E-state index contributed by atoms with van der Waals surface area (Å²) in [4.78, 5) is 12.9. The second-order valence-electron chi connectivity index (χ2n) is 6.03. The molecule has 0 aliphatic rings. The summed E-state index contributed by atoms with van der Waals surface area (Å²) in [6.45, 7) is 1.61. The number of nitrogens with zero attached hydrogens (tertiary/aromatic N) is 1. The number of benzene rings is 2. The Bertz CT molecular complexity index is 1100. The Kier molecular flexibility index (Phi) is 6.81. The molecule has 7 nitrogen and oxygen atoms in total. The standard InChI is InChI=1S/C20H17Cl2N3O4S/c1-10-16(18(25-29-10)17-12(21)5-4-6-13(17)22)19(26)24-20(30)23-14-9-11(27-2)7-8-15(14)28-3/h4-9H,1-3H3,(H2,23,24,26,30). The summed E-state index contributed by atoms with van der Waals surface area (Å²) in [5.41, 5.74) is 1.32. The summed E-state index contributed by atoms with van der Waals surface area (Å²) < 4.78 is 15.7. The van der Waals surface area contributed by atoms with Crippen LogP contribution in [0.1, 0.15) is 16.1 Å². The summed E-state index contributed by atoms with van der Waals surface area (Å²) in [5, 5.41) is 10.2. The van der Waals surface area contributed by atoms with Gasteiger partial charge in [-0.05, 0) is 43.4 Å². The van der Waals surface area contributed by atoms with E-state index in [2.05, 4.69) is 15.8 Å². The van der Waals surface area contributed by atoms with Crippen molar-refractivity contribution in [3.8, 4) is 22.8 Å². The topological polar surface area (TPSA) is 85.6 Å². The lowest BCUT2D eigenvalue weighted by Crippen LogP contribution is -2.34. The number of aryl methyl sites for hydroxylation is 1. The fourth-order valence-corrected chi connectivity index (χ4v) is 3.54. The Hall–Kier alpha value is -2.81. The van der Waals surface area contributed by atoms with E-state index < -0.39 is 5.91 Å². The van der Waals surface area contributed by atoms with Crippen molar-refractivity contribution in [2.45, 2.75) is 6.92 Å². The zero-order valence-corrected chi connectivity index (χ0v) is 18.5. The maximum atomic E-state index is 12.9. The number of nitrogens with one attached hydrogen (secondary N) is 2. The van der Waals surface area contributed by atoms with E-state index in [9.17, 15) is 4.79 Å². The highest BCUT2D eigenvalue weighted by Gasteiger charge is 2.25. The zero-order chi connectivity index (χ0) is 21.8. The van der Waals surface area contributed by atoms with Gasteiger partial charge in [-0.1, -0.05) is 34.4 Å². The number of halogens is 2. The molecule has 2 N–H and O–H groups in total. The molecule has 1 aromatic heterocycles. The van der Waals surface area contributed by atoms with Crippen LogP contribution < -0.4 is 20.1 Å². The average Bonchev–Trinajstić information content (AvgIpc) is 3.08. The number of amides is 1. The SMILES string of the molecule is COc1ccc(OC)c(NC(=S)NC(=O)c2c(-c3c(Cl)cccc3Cl)noc2C)c1. The molecule has 3 rings (SSSR count). The van der Waals surface area contributed by atoms with Crippen LogP contribution in [0.25, 0.3) is 11.3 Å². The first-order chi connectivity index (χ1) is 14.3. The van der Waals surface area contributed by atoms with E-state index in [1.807, 2.05) is 0 Å². The van der Waals surface area contributed by atoms with Crippen molar-refractivity contribution < 1.29 is 18.8 Å². The first-order valence-electron chi connectivity index (χ1n) is 8.60. The number of methoxy groups -OCH3 is 2. The molecular weight excluding hydrogens is 449 g/mol. The van der Waals surface area contributed by atoms with Crippen molar-refractivity contribution in [3.05, 3.63) is 57.8 Å². The number of aromatic nitrogens is 1. The average molecular weight is 466 g/mol. The van der Waals surface area contributed by atoms with E-state index in [4.69, 9.17) is 49.4 Å². The lowest BCUT2D eigenvalue weighted by molar-refractivity contribution is 0.0977. The van der Waals surface area contributed by atoms with Crippen LogP contribution in [-0.4, -0.2) is 30.4 Å². The van der Waals surface area contributed by atoms with Crippen LogP contribution in [0.3, 0.4) is 0 Å². The van der Waals surface area contributed by atoms with E-state index in [1.165, 1.54) is 7.11 Å². The normalized spacial score (nSPS) is 10.4. The van der Waals surface area contributed by atoms with Crippen LogP contribution in [0.15, 0.2) is 40.9 Å². The number of hydrogen-bond acceptors (Lipinski definition) is 6. The highest BCUT2D eigenvalue weighted by Crippen LogP contribution is 2.36. The Balaban J connectivity index is 1.86. The van der Waals surface area contributed by atoms with Gasteiger partial charge in [-0.15, -0.1) is 0 Å². The highest BCUT2D eigenvalue weighted by atomic mass is 35.5. The first kappa shape index (κ1) is 21.9. The van der Waals surface area contributed by atoms with E-state index in [-0.39, 0.29) is 16.4 Å². The first-order valence-corrected chi connectivity index (χ1v) is 9.77. The predicted molar refractivity (Wildman–Crippen MR) is 120 cm³/mol. The summed E-state index contributed by atoms with van der Waals surface area (Å²) in [6.07, 6.45) is 0. The quantitative estimate of drug-likeness (QED) is 0.506. The fraction of sp³-hybridized carbons (Fsp3) is 0.150. The zero-order valence-electron chi connectivity index (χ0n) is 16.2. The van der Waals surface area contributed by atoms with Crippen LogP contribution in [0.5, 0.6) is 11.5 Å². The molecule has 2 aromatic carbocycles. The van der Waals surface area contributed by atoms with Gasteiger partial charge in [0, 0.05) is 11.6 Å². The minimum Gasteiger partial charge on any atom is -0.497 e. The molecular formula is C20H17Cl2N3O4S. The van der Waals surface area contributed by atoms with Crippen LogP contribution >= 0.6 is 35.4 Å². The number of thiocarbonyl (C=S) groups is 1. The second-order valence-corrected chi connectivity index (χ2v) is 7.26. The van der Waals surface area contributed by atoms with E-state index in [1.54, 1.807) is 50.4 Å². The molecule has 3 aromatic rings. The molecule has 0 aliphatic heterocycles. The molecule has 0 bridgehead atoms.